The summed E-state index contributed by atoms with van der Waals surface area (Å²) in [7, 11) is 1.36. The number of aryl methyl sites for hydroxylation is 2. The molecule has 9 nitrogen and oxygen atoms in total. The standard InChI is InChI=1S/C29H37N5O4/c1-3-33-13-10-22(11-14-33)31-23-17-24-25(32-28(35)21-12-16-38-19-21)26(29(36)37-2)34(27(24)30-18-23)15-9-20-7-5-4-6-8-20/h4-8,17-18,21-22,31H,3,9-16,19H2,1-2H3,(H,32,35)/t21-/m1/s1. The SMILES string of the molecule is CCN1CCC(Nc2cnc3c(c2)c(NC(=O)[C@@H]2CCOC2)c(C(=O)OC)n3CCc2ccccc2)CC1. The zero-order valence-corrected chi connectivity index (χ0v) is 22.2. The minimum Gasteiger partial charge on any atom is -0.464 e. The van der Waals surface area contributed by atoms with E-state index in [4.69, 9.17) is 14.5 Å². The highest BCUT2D eigenvalue weighted by molar-refractivity contribution is 6.11. The fourth-order valence-corrected chi connectivity index (χ4v) is 5.44. The summed E-state index contributed by atoms with van der Waals surface area (Å²) in [6.45, 7) is 6.86. The number of fused-ring (bicyclic) bond motifs is 1. The van der Waals surface area contributed by atoms with Crippen molar-refractivity contribution in [1.29, 1.82) is 0 Å². The maximum absolute atomic E-state index is 13.2. The fourth-order valence-electron chi connectivity index (χ4n) is 5.44. The van der Waals surface area contributed by atoms with Crippen molar-refractivity contribution < 1.29 is 19.1 Å². The molecule has 0 spiro atoms. The summed E-state index contributed by atoms with van der Waals surface area (Å²) < 4.78 is 12.5. The minimum atomic E-state index is -0.504. The summed E-state index contributed by atoms with van der Waals surface area (Å²) in [6, 6.07) is 12.5. The first kappa shape index (κ1) is 26.2. The van der Waals surface area contributed by atoms with E-state index in [-0.39, 0.29) is 11.8 Å². The normalized spacial score (nSPS) is 18.5. The lowest BCUT2D eigenvalue weighted by atomic mass is 10.0. The molecule has 1 aromatic carbocycles. The van der Waals surface area contributed by atoms with Crippen molar-refractivity contribution in [2.24, 2.45) is 5.92 Å². The van der Waals surface area contributed by atoms with Crippen molar-refractivity contribution in [3.63, 3.8) is 0 Å². The number of nitrogens with one attached hydrogen (secondary N) is 2. The van der Waals surface area contributed by atoms with Crippen LogP contribution in [0.3, 0.4) is 0 Å². The van der Waals surface area contributed by atoms with Crippen LogP contribution in [0.15, 0.2) is 42.6 Å². The lowest BCUT2D eigenvalue weighted by Crippen LogP contribution is -2.38. The number of ether oxygens (including phenoxy) is 2. The van der Waals surface area contributed by atoms with Crippen LogP contribution in [0.2, 0.25) is 0 Å². The predicted octanol–water partition coefficient (Wildman–Crippen LogP) is 3.94. The summed E-state index contributed by atoms with van der Waals surface area (Å²) in [6.07, 6.45) is 5.31. The van der Waals surface area contributed by atoms with E-state index in [9.17, 15) is 9.59 Å². The number of anilines is 2. The third-order valence-corrected chi connectivity index (χ3v) is 7.70. The number of esters is 1. The zero-order chi connectivity index (χ0) is 26.5. The van der Waals surface area contributed by atoms with E-state index in [1.807, 2.05) is 35.0 Å². The average molecular weight is 520 g/mol. The predicted molar refractivity (Wildman–Crippen MR) is 148 cm³/mol. The Balaban J connectivity index is 1.51. The Bertz CT molecular complexity index is 1260. The van der Waals surface area contributed by atoms with Crippen molar-refractivity contribution >= 4 is 34.3 Å². The van der Waals surface area contributed by atoms with Crippen molar-refractivity contribution in [3.8, 4) is 0 Å². The van der Waals surface area contributed by atoms with Gasteiger partial charge in [0.25, 0.3) is 0 Å². The van der Waals surface area contributed by atoms with E-state index in [0.717, 1.165) is 49.1 Å². The Morgan fingerprint density at radius 2 is 1.95 bits per heavy atom. The number of piperidine rings is 1. The summed E-state index contributed by atoms with van der Waals surface area (Å²) in [5, 5.41) is 7.42. The van der Waals surface area contributed by atoms with Gasteiger partial charge in [0, 0.05) is 37.7 Å². The van der Waals surface area contributed by atoms with Gasteiger partial charge in [-0.2, -0.15) is 0 Å². The molecule has 9 heteroatoms. The first-order chi connectivity index (χ1) is 18.6. The number of methoxy groups -OCH3 is 1. The van der Waals surface area contributed by atoms with Crippen LogP contribution in [0.4, 0.5) is 11.4 Å². The molecule has 202 valence electrons. The summed E-state index contributed by atoms with van der Waals surface area (Å²) in [5.74, 6) is -0.906. The Hall–Kier alpha value is -3.43. The number of nitrogens with zero attached hydrogens (tertiary/aromatic N) is 3. The van der Waals surface area contributed by atoms with Crippen LogP contribution in [0.25, 0.3) is 11.0 Å². The van der Waals surface area contributed by atoms with Crippen LogP contribution < -0.4 is 10.6 Å². The van der Waals surface area contributed by atoms with Gasteiger partial charge in [-0.15, -0.1) is 0 Å². The first-order valence-electron chi connectivity index (χ1n) is 13.6. The number of carbonyl (C=O) groups excluding carboxylic acids is 2. The molecule has 0 bridgehead atoms. The van der Waals surface area contributed by atoms with Gasteiger partial charge in [-0.1, -0.05) is 37.3 Å². The lowest BCUT2D eigenvalue weighted by molar-refractivity contribution is -0.119. The fraction of sp³-hybridized carbons (Fsp3) is 0.483. The second-order valence-electron chi connectivity index (χ2n) is 10.1. The summed E-state index contributed by atoms with van der Waals surface area (Å²) in [4.78, 5) is 33.6. The van der Waals surface area contributed by atoms with Crippen LogP contribution >= 0.6 is 0 Å². The molecule has 0 unspecified atom stereocenters. The zero-order valence-electron chi connectivity index (χ0n) is 22.2. The van der Waals surface area contributed by atoms with Gasteiger partial charge in [-0.05, 0) is 43.9 Å². The van der Waals surface area contributed by atoms with Crippen LogP contribution in [0, 0.1) is 5.92 Å². The molecule has 0 aliphatic carbocycles. The third kappa shape index (κ3) is 5.68. The number of amides is 1. The molecular weight excluding hydrogens is 482 g/mol. The van der Waals surface area contributed by atoms with Gasteiger partial charge in [-0.3, -0.25) is 4.79 Å². The maximum atomic E-state index is 13.2. The number of rotatable bonds is 9. The largest absolute Gasteiger partial charge is 0.464 e. The van der Waals surface area contributed by atoms with Crippen LogP contribution in [0.5, 0.6) is 0 Å². The van der Waals surface area contributed by atoms with Gasteiger partial charge in [0.15, 0.2) is 5.69 Å². The molecule has 3 aromatic rings. The monoisotopic (exact) mass is 519 g/mol. The summed E-state index contributed by atoms with van der Waals surface area (Å²) in [5.41, 5.74) is 3.44. The second-order valence-corrected chi connectivity index (χ2v) is 10.1. The molecule has 2 aromatic heterocycles. The van der Waals surface area contributed by atoms with Crippen LogP contribution in [0.1, 0.15) is 42.2 Å². The molecule has 2 aliphatic rings. The van der Waals surface area contributed by atoms with Crippen LogP contribution in [-0.2, 0) is 27.2 Å². The molecule has 38 heavy (non-hydrogen) atoms. The van der Waals surface area contributed by atoms with Crippen molar-refractivity contribution in [2.45, 2.75) is 45.2 Å². The number of likely N-dealkylation sites (tertiary alicyclic amines) is 1. The molecule has 0 saturated carbocycles. The number of hydrogen-bond donors (Lipinski definition) is 2. The maximum Gasteiger partial charge on any atom is 0.356 e. The van der Waals surface area contributed by atoms with E-state index in [1.54, 1.807) is 0 Å². The van der Waals surface area contributed by atoms with Crippen molar-refractivity contribution in [1.82, 2.24) is 14.5 Å². The lowest BCUT2D eigenvalue weighted by Gasteiger charge is -2.31. The number of hydrogen-bond acceptors (Lipinski definition) is 7. The van der Waals surface area contributed by atoms with Gasteiger partial charge < -0.3 is 29.6 Å². The quantitative estimate of drug-likeness (QED) is 0.413. The highest BCUT2D eigenvalue weighted by Gasteiger charge is 2.30. The number of pyridine rings is 1. The highest BCUT2D eigenvalue weighted by Crippen LogP contribution is 2.34. The van der Waals surface area contributed by atoms with Gasteiger partial charge in [-0.25, -0.2) is 9.78 Å². The van der Waals surface area contributed by atoms with Gasteiger partial charge in [0.2, 0.25) is 5.91 Å². The number of carbonyl (C=O) groups is 2. The molecule has 4 heterocycles. The van der Waals surface area contributed by atoms with Crippen molar-refractivity contribution in [3.05, 3.63) is 53.9 Å². The first-order valence-corrected chi connectivity index (χ1v) is 13.6. The summed E-state index contributed by atoms with van der Waals surface area (Å²) >= 11 is 0. The van der Waals surface area contributed by atoms with Crippen LogP contribution in [-0.4, -0.2) is 72.3 Å². The molecule has 2 aliphatic heterocycles. The average Bonchev–Trinajstić information content (AvgIpc) is 3.60. The molecule has 0 radical (unpaired) electrons. The van der Waals surface area contributed by atoms with Gasteiger partial charge >= 0.3 is 5.97 Å². The molecular formula is C29H37N5O4. The Morgan fingerprint density at radius 1 is 1.16 bits per heavy atom. The topological polar surface area (TPSA) is 97.7 Å². The number of benzene rings is 1. The van der Waals surface area contributed by atoms with Crippen molar-refractivity contribution in [2.75, 3.05) is 50.6 Å². The Morgan fingerprint density at radius 3 is 2.63 bits per heavy atom. The van der Waals surface area contributed by atoms with E-state index in [0.29, 0.717) is 55.7 Å². The van der Waals surface area contributed by atoms with Gasteiger partial charge in [0.1, 0.15) is 5.65 Å². The van der Waals surface area contributed by atoms with E-state index in [1.165, 1.54) is 7.11 Å². The molecule has 2 saturated heterocycles. The molecule has 2 N–H and O–H groups in total. The van der Waals surface area contributed by atoms with E-state index >= 15 is 0 Å². The number of aromatic nitrogens is 2. The highest BCUT2D eigenvalue weighted by atomic mass is 16.5. The Kier molecular flexibility index (Phi) is 8.24. The molecule has 2 fully saturated rings. The molecule has 5 rings (SSSR count). The smallest absolute Gasteiger partial charge is 0.356 e. The molecule has 1 atom stereocenters. The minimum absolute atomic E-state index is 0.153. The third-order valence-electron chi connectivity index (χ3n) is 7.70. The van der Waals surface area contributed by atoms with E-state index in [2.05, 4.69) is 34.6 Å². The van der Waals surface area contributed by atoms with E-state index < -0.39 is 5.97 Å². The molecule has 1 amide bonds. The second kappa shape index (κ2) is 12.0. The Labute approximate surface area is 223 Å². The van der Waals surface area contributed by atoms with Gasteiger partial charge in [0.05, 0.1) is 37.2 Å².